The van der Waals surface area contributed by atoms with Crippen molar-refractivity contribution in [3.05, 3.63) is 53.1 Å². The van der Waals surface area contributed by atoms with Gasteiger partial charge in [-0.05, 0) is 37.3 Å². The fraction of sp³-hybridized carbons (Fsp3) is 0.167. The number of nitrogens with zero attached hydrogens (tertiary/aromatic N) is 3. The molecule has 0 saturated carbocycles. The quantitative estimate of drug-likeness (QED) is 0.699. The number of hydrogen-bond acceptors (Lipinski definition) is 6. The van der Waals surface area contributed by atoms with Crippen LogP contribution in [0.25, 0.3) is 11.4 Å². The van der Waals surface area contributed by atoms with Gasteiger partial charge in [0.1, 0.15) is 0 Å². The number of carbonyl (C=O) groups is 1. The predicted molar refractivity (Wildman–Crippen MR) is 93.9 cm³/mol. The van der Waals surface area contributed by atoms with Gasteiger partial charge in [-0.1, -0.05) is 23.7 Å². The van der Waals surface area contributed by atoms with Gasteiger partial charge < -0.3 is 14.2 Å². The SMILES string of the molecule is CCOc1nc(-c2ccccc2Cl)n(C(=O)c2ccc3c(c2)OCO3)n1. The normalized spacial score (nSPS) is 12.2. The second-order valence-electron chi connectivity index (χ2n) is 5.42. The van der Waals surface area contributed by atoms with Crippen LogP contribution in [0.3, 0.4) is 0 Å². The van der Waals surface area contributed by atoms with E-state index >= 15 is 0 Å². The van der Waals surface area contributed by atoms with E-state index in [1.807, 2.05) is 13.0 Å². The van der Waals surface area contributed by atoms with Crippen molar-refractivity contribution in [3.63, 3.8) is 0 Å². The molecule has 0 unspecified atom stereocenters. The standard InChI is InChI=1S/C18H14ClN3O4/c1-2-24-18-20-16(12-5-3-4-6-13(12)19)22(21-18)17(23)11-7-8-14-15(9-11)26-10-25-14/h3-9H,2,10H2,1H3. The molecule has 0 radical (unpaired) electrons. The van der Waals surface area contributed by atoms with E-state index in [0.29, 0.717) is 40.1 Å². The van der Waals surface area contributed by atoms with Gasteiger partial charge in [-0.15, -0.1) is 5.10 Å². The van der Waals surface area contributed by atoms with Gasteiger partial charge in [0, 0.05) is 11.1 Å². The Labute approximate surface area is 154 Å². The average Bonchev–Trinajstić information content (AvgIpc) is 3.28. The summed E-state index contributed by atoms with van der Waals surface area (Å²) in [4.78, 5) is 17.4. The van der Waals surface area contributed by atoms with Crippen molar-refractivity contribution < 1.29 is 19.0 Å². The third-order valence-corrected chi connectivity index (χ3v) is 4.12. The molecule has 7 nitrogen and oxygen atoms in total. The molecule has 0 N–H and O–H groups in total. The molecule has 1 aliphatic heterocycles. The van der Waals surface area contributed by atoms with Crippen LogP contribution in [0.5, 0.6) is 17.5 Å². The fourth-order valence-electron chi connectivity index (χ4n) is 2.59. The average molecular weight is 372 g/mol. The Bertz CT molecular complexity index is 986. The van der Waals surface area contributed by atoms with Gasteiger partial charge in [0.2, 0.25) is 6.79 Å². The molecule has 26 heavy (non-hydrogen) atoms. The van der Waals surface area contributed by atoms with Crippen LogP contribution in [-0.4, -0.2) is 34.1 Å². The summed E-state index contributed by atoms with van der Waals surface area (Å²) in [6, 6.07) is 12.2. The van der Waals surface area contributed by atoms with Crippen LogP contribution in [0.2, 0.25) is 5.02 Å². The highest BCUT2D eigenvalue weighted by atomic mass is 35.5. The Kier molecular flexibility index (Phi) is 4.22. The zero-order chi connectivity index (χ0) is 18.1. The van der Waals surface area contributed by atoms with E-state index < -0.39 is 0 Å². The fourth-order valence-corrected chi connectivity index (χ4v) is 2.81. The Morgan fingerprint density at radius 1 is 1.23 bits per heavy atom. The van der Waals surface area contributed by atoms with E-state index in [2.05, 4.69) is 10.1 Å². The van der Waals surface area contributed by atoms with Gasteiger partial charge in [-0.25, -0.2) is 0 Å². The summed E-state index contributed by atoms with van der Waals surface area (Å²) in [7, 11) is 0. The molecule has 4 rings (SSSR count). The van der Waals surface area contributed by atoms with Crippen molar-refractivity contribution in [1.82, 2.24) is 14.8 Å². The topological polar surface area (TPSA) is 75.5 Å². The van der Waals surface area contributed by atoms with Gasteiger partial charge in [0.25, 0.3) is 5.91 Å². The van der Waals surface area contributed by atoms with Crippen LogP contribution in [0, 0.1) is 0 Å². The van der Waals surface area contributed by atoms with Crippen molar-refractivity contribution in [3.8, 4) is 28.9 Å². The first-order valence-corrected chi connectivity index (χ1v) is 8.34. The van der Waals surface area contributed by atoms with E-state index in [1.165, 1.54) is 4.68 Å². The van der Waals surface area contributed by atoms with E-state index in [0.717, 1.165) is 0 Å². The summed E-state index contributed by atoms with van der Waals surface area (Å²) < 4.78 is 17.2. The molecule has 0 saturated heterocycles. The Morgan fingerprint density at radius 3 is 2.85 bits per heavy atom. The summed E-state index contributed by atoms with van der Waals surface area (Å²) in [5, 5.41) is 4.65. The molecule has 0 fully saturated rings. The monoisotopic (exact) mass is 371 g/mol. The summed E-state index contributed by atoms with van der Waals surface area (Å²) in [6.07, 6.45) is 0. The second-order valence-corrected chi connectivity index (χ2v) is 5.82. The molecule has 3 aromatic rings. The second kappa shape index (κ2) is 6.68. The van der Waals surface area contributed by atoms with Crippen LogP contribution in [0.15, 0.2) is 42.5 Å². The van der Waals surface area contributed by atoms with Gasteiger partial charge in [-0.3, -0.25) is 4.79 Å². The van der Waals surface area contributed by atoms with E-state index in [1.54, 1.807) is 36.4 Å². The zero-order valence-electron chi connectivity index (χ0n) is 13.8. The highest BCUT2D eigenvalue weighted by Crippen LogP contribution is 2.33. The smallest absolute Gasteiger partial charge is 0.336 e. The Balaban J connectivity index is 1.80. The molecule has 132 valence electrons. The summed E-state index contributed by atoms with van der Waals surface area (Å²) >= 11 is 6.27. The molecule has 0 atom stereocenters. The van der Waals surface area contributed by atoms with Crippen molar-refractivity contribution >= 4 is 17.5 Å². The number of hydrogen-bond donors (Lipinski definition) is 0. The van der Waals surface area contributed by atoms with Crippen molar-refractivity contribution in [2.45, 2.75) is 6.92 Å². The molecule has 0 amide bonds. The predicted octanol–water partition coefficient (Wildman–Crippen LogP) is 3.41. The third-order valence-electron chi connectivity index (χ3n) is 3.79. The van der Waals surface area contributed by atoms with Gasteiger partial charge in [-0.2, -0.15) is 9.67 Å². The number of aromatic nitrogens is 3. The number of carbonyl (C=O) groups excluding carboxylic acids is 1. The molecule has 1 aromatic heterocycles. The summed E-state index contributed by atoms with van der Waals surface area (Å²) in [5.41, 5.74) is 0.970. The lowest BCUT2D eigenvalue weighted by Gasteiger charge is -2.06. The Hall–Kier alpha value is -3.06. The number of ether oxygens (including phenoxy) is 3. The molecule has 8 heteroatoms. The molecular weight excluding hydrogens is 358 g/mol. The molecule has 1 aliphatic rings. The van der Waals surface area contributed by atoms with Crippen molar-refractivity contribution in [1.29, 1.82) is 0 Å². The van der Waals surface area contributed by atoms with Crippen molar-refractivity contribution in [2.75, 3.05) is 13.4 Å². The molecule has 2 aromatic carbocycles. The number of halogens is 1. The van der Waals surface area contributed by atoms with Gasteiger partial charge in [0.05, 0.1) is 11.6 Å². The number of rotatable bonds is 4. The van der Waals surface area contributed by atoms with E-state index in [4.69, 9.17) is 25.8 Å². The van der Waals surface area contributed by atoms with E-state index in [-0.39, 0.29) is 18.7 Å². The highest BCUT2D eigenvalue weighted by molar-refractivity contribution is 6.33. The largest absolute Gasteiger partial charge is 0.463 e. The minimum Gasteiger partial charge on any atom is -0.463 e. The first-order chi connectivity index (χ1) is 12.7. The van der Waals surface area contributed by atoms with Gasteiger partial charge in [0.15, 0.2) is 17.3 Å². The van der Waals surface area contributed by atoms with E-state index in [9.17, 15) is 4.79 Å². The molecular formula is C18H14ClN3O4. The molecule has 0 aliphatic carbocycles. The summed E-state index contributed by atoms with van der Waals surface area (Å²) in [6.45, 7) is 2.33. The van der Waals surface area contributed by atoms with Crippen molar-refractivity contribution in [2.24, 2.45) is 0 Å². The molecule has 2 heterocycles. The maximum absolute atomic E-state index is 13.0. The minimum absolute atomic E-state index is 0.108. The van der Waals surface area contributed by atoms with Gasteiger partial charge >= 0.3 is 6.01 Å². The van der Waals surface area contributed by atoms with Crippen LogP contribution in [0.1, 0.15) is 17.3 Å². The van der Waals surface area contributed by atoms with Crippen LogP contribution < -0.4 is 14.2 Å². The lowest BCUT2D eigenvalue weighted by Crippen LogP contribution is -2.15. The number of benzene rings is 2. The van der Waals surface area contributed by atoms with Crippen LogP contribution in [0.4, 0.5) is 0 Å². The minimum atomic E-state index is -0.378. The first kappa shape index (κ1) is 16.4. The zero-order valence-corrected chi connectivity index (χ0v) is 14.6. The summed E-state index contributed by atoms with van der Waals surface area (Å²) in [5.74, 6) is 1.04. The maximum Gasteiger partial charge on any atom is 0.336 e. The molecule has 0 spiro atoms. The first-order valence-electron chi connectivity index (χ1n) is 7.96. The third kappa shape index (κ3) is 2.86. The Morgan fingerprint density at radius 2 is 2.04 bits per heavy atom. The molecule has 0 bridgehead atoms. The van der Waals surface area contributed by atoms with Crippen LogP contribution in [-0.2, 0) is 0 Å². The lowest BCUT2D eigenvalue weighted by atomic mass is 10.1. The van der Waals surface area contributed by atoms with Crippen LogP contribution >= 0.6 is 11.6 Å². The lowest BCUT2D eigenvalue weighted by molar-refractivity contribution is 0.0944. The maximum atomic E-state index is 13.0. The number of fused-ring (bicyclic) bond motifs is 1. The highest BCUT2D eigenvalue weighted by Gasteiger charge is 2.23.